The summed E-state index contributed by atoms with van der Waals surface area (Å²) in [5.41, 5.74) is 6.77. The summed E-state index contributed by atoms with van der Waals surface area (Å²) in [6, 6.07) is 17.0. The predicted molar refractivity (Wildman–Crippen MR) is 96.6 cm³/mol. The van der Waals surface area contributed by atoms with Crippen molar-refractivity contribution >= 4 is 16.6 Å². The number of aliphatic imine (C=N–C) groups is 1. The van der Waals surface area contributed by atoms with E-state index in [0.717, 1.165) is 34.3 Å². The summed E-state index contributed by atoms with van der Waals surface area (Å²) in [4.78, 5) is 5.17. The van der Waals surface area contributed by atoms with Gasteiger partial charge in [0.2, 0.25) is 0 Å². The van der Waals surface area contributed by atoms with Crippen LogP contribution >= 0.6 is 0 Å². The second-order valence-electron chi connectivity index (χ2n) is 7.11. The van der Waals surface area contributed by atoms with Crippen LogP contribution in [0, 0.1) is 6.92 Å². The third kappa shape index (κ3) is 2.01. The minimum Gasteiger partial charge on any atom is -0.275 e. The lowest BCUT2D eigenvalue weighted by molar-refractivity contribution is 0.248. The molecule has 2 aromatic carbocycles. The molecule has 118 valence electrons. The van der Waals surface area contributed by atoms with Crippen molar-refractivity contribution in [1.82, 2.24) is 10.2 Å². The molecule has 5 rings (SSSR count). The monoisotopic (exact) mass is 313 g/mol. The molecule has 1 aromatic heterocycles. The van der Waals surface area contributed by atoms with Gasteiger partial charge in [0.15, 0.2) is 0 Å². The summed E-state index contributed by atoms with van der Waals surface area (Å²) < 4.78 is 0. The Kier molecular flexibility index (Phi) is 2.87. The summed E-state index contributed by atoms with van der Waals surface area (Å²) in [6.45, 7) is 2.08. The van der Waals surface area contributed by atoms with E-state index < -0.39 is 0 Å². The standard InChI is InChI=1S/C21H19N3/c1-14-6-4-8-15-12-18(23-24-19(14)15)20-17-9-3-2-7-16(17)13-21(22-20)10-5-11-21/h2-4,6-9,12H,5,10-11,13H2,1H3. The quantitative estimate of drug-likeness (QED) is 0.673. The highest BCUT2D eigenvalue weighted by Crippen LogP contribution is 2.43. The van der Waals surface area contributed by atoms with Crippen molar-refractivity contribution in [2.45, 2.75) is 38.1 Å². The van der Waals surface area contributed by atoms with Gasteiger partial charge in [-0.05, 0) is 49.8 Å². The molecule has 1 fully saturated rings. The van der Waals surface area contributed by atoms with Crippen LogP contribution in [0.4, 0.5) is 0 Å². The third-order valence-electron chi connectivity index (χ3n) is 5.49. The van der Waals surface area contributed by atoms with Gasteiger partial charge in [-0.3, -0.25) is 4.99 Å². The van der Waals surface area contributed by atoms with Crippen molar-refractivity contribution in [2.24, 2.45) is 4.99 Å². The number of nitrogens with zero attached hydrogens (tertiary/aromatic N) is 3. The van der Waals surface area contributed by atoms with Gasteiger partial charge in [0, 0.05) is 10.9 Å². The van der Waals surface area contributed by atoms with Crippen LogP contribution in [0.1, 0.15) is 41.6 Å². The second kappa shape index (κ2) is 4.97. The van der Waals surface area contributed by atoms with Crippen LogP contribution in [-0.4, -0.2) is 21.4 Å². The zero-order valence-corrected chi connectivity index (χ0v) is 13.8. The highest BCUT2D eigenvalue weighted by atomic mass is 15.1. The van der Waals surface area contributed by atoms with E-state index in [1.54, 1.807) is 0 Å². The van der Waals surface area contributed by atoms with Gasteiger partial charge >= 0.3 is 0 Å². The number of rotatable bonds is 1. The van der Waals surface area contributed by atoms with Crippen molar-refractivity contribution in [3.63, 3.8) is 0 Å². The van der Waals surface area contributed by atoms with Gasteiger partial charge in [-0.1, -0.05) is 42.5 Å². The zero-order valence-electron chi connectivity index (χ0n) is 13.8. The summed E-state index contributed by atoms with van der Waals surface area (Å²) in [5.74, 6) is 0. The topological polar surface area (TPSA) is 38.1 Å². The molecule has 0 saturated heterocycles. The summed E-state index contributed by atoms with van der Waals surface area (Å²) in [7, 11) is 0. The van der Waals surface area contributed by atoms with E-state index in [1.165, 1.54) is 30.4 Å². The van der Waals surface area contributed by atoms with Crippen molar-refractivity contribution in [3.05, 3.63) is 70.9 Å². The van der Waals surface area contributed by atoms with E-state index in [-0.39, 0.29) is 5.54 Å². The number of hydrogen-bond acceptors (Lipinski definition) is 3. The van der Waals surface area contributed by atoms with Crippen LogP contribution in [0.15, 0.2) is 53.5 Å². The Bertz CT molecular complexity index is 983. The average Bonchev–Trinajstić information content (AvgIpc) is 2.59. The molecule has 3 nitrogen and oxygen atoms in total. The minimum atomic E-state index is 0.104. The summed E-state index contributed by atoms with van der Waals surface area (Å²) >= 11 is 0. The highest BCUT2D eigenvalue weighted by Gasteiger charge is 2.40. The second-order valence-corrected chi connectivity index (χ2v) is 7.11. The molecular formula is C21H19N3. The van der Waals surface area contributed by atoms with Crippen LogP contribution in [0.2, 0.25) is 0 Å². The normalized spacial score (nSPS) is 18.1. The molecule has 0 N–H and O–H groups in total. The van der Waals surface area contributed by atoms with Crippen molar-refractivity contribution in [1.29, 1.82) is 0 Å². The van der Waals surface area contributed by atoms with Gasteiger partial charge in [0.1, 0.15) is 5.69 Å². The Labute approximate surface area is 141 Å². The Morgan fingerprint density at radius 2 is 1.83 bits per heavy atom. The Morgan fingerprint density at radius 3 is 2.67 bits per heavy atom. The maximum atomic E-state index is 5.17. The fraction of sp³-hybridized carbons (Fsp3) is 0.286. The van der Waals surface area contributed by atoms with Crippen molar-refractivity contribution in [3.8, 4) is 0 Å². The molecule has 0 atom stereocenters. The van der Waals surface area contributed by atoms with E-state index in [1.807, 2.05) is 0 Å². The molecule has 24 heavy (non-hydrogen) atoms. The maximum Gasteiger partial charge on any atom is 0.112 e. The number of aromatic nitrogens is 2. The zero-order chi connectivity index (χ0) is 16.1. The fourth-order valence-corrected chi connectivity index (χ4v) is 4.00. The van der Waals surface area contributed by atoms with Crippen LogP contribution in [0.5, 0.6) is 0 Å². The Hall–Kier alpha value is -2.55. The van der Waals surface area contributed by atoms with Crippen LogP contribution in [-0.2, 0) is 6.42 Å². The van der Waals surface area contributed by atoms with Gasteiger partial charge in [0.05, 0.1) is 16.8 Å². The lowest BCUT2D eigenvalue weighted by Gasteiger charge is -2.42. The summed E-state index contributed by atoms with van der Waals surface area (Å²) in [5, 5.41) is 10.2. The molecule has 0 bridgehead atoms. The third-order valence-corrected chi connectivity index (χ3v) is 5.49. The smallest absolute Gasteiger partial charge is 0.112 e. The minimum absolute atomic E-state index is 0.104. The molecular weight excluding hydrogens is 294 g/mol. The number of aryl methyl sites for hydroxylation is 1. The maximum absolute atomic E-state index is 5.17. The van der Waals surface area contributed by atoms with Crippen molar-refractivity contribution in [2.75, 3.05) is 0 Å². The molecule has 1 aliphatic carbocycles. The molecule has 3 heteroatoms. The van der Waals surface area contributed by atoms with E-state index in [0.29, 0.717) is 0 Å². The first-order valence-electron chi connectivity index (χ1n) is 8.66. The highest BCUT2D eigenvalue weighted by molar-refractivity contribution is 6.14. The summed E-state index contributed by atoms with van der Waals surface area (Å²) in [6.07, 6.45) is 4.71. The van der Waals surface area contributed by atoms with Crippen molar-refractivity contribution < 1.29 is 0 Å². The molecule has 0 amide bonds. The van der Waals surface area contributed by atoms with Gasteiger partial charge in [0.25, 0.3) is 0 Å². The van der Waals surface area contributed by atoms with E-state index in [2.05, 4.69) is 65.7 Å². The average molecular weight is 313 g/mol. The molecule has 0 unspecified atom stereocenters. The molecule has 1 spiro atoms. The van der Waals surface area contributed by atoms with E-state index in [9.17, 15) is 0 Å². The van der Waals surface area contributed by atoms with Gasteiger partial charge in [-0.2, -0.15) is 0 Å². The van der Waals surface area contributed by atoms with Gasteiger partial charge in [-0.25, -0.2) is 0 Å². The van der Waals surface area contributed by atoms with E-state index in [4.69, 9.17) is 4.99 Å². The van der Waals surface area contributed by atoms with E-state index >= 15 is 0 Å². The molecule has 1 aliphatic heterocycles. The van der Waals surface area contributed by atoms with Gasteiger partial charge in [-0.15, -0.1) is 10.2 Å². The van der Waals surface area contributed by atoms with Crippen LogP contribution in [0.3, 0.4) is 0 Å². The first kappa shape index (κ1) is 13.8. The number of benzene rings is 2. The lowest BCUT2D eigenvalue weighted by atomic mass is 9.70. The first-order valence-corrected chi connectivity index (χ1v) is 8.66. The first-order chi connectivity index (χ1) is 11.7. The largest absolute Gasteiger partial charge is 0.275 e. The molecule has 2 heterocycles. The molecule has 3 aromatic rings. The number of hydrogen-bond donors (Lipinski definition) is 0. The fourth-order valence-electron chi connectivity index (χ4n) is 4.00. The molecule has 1 saturated carbocycles. The lowest BCUT2D eigenvalue weighted by Crippen LogP contribution is -2.41. The van der Waals surface area contributed by atoms with Gasteiger partial charge < -0.3 is 0 Å². The Morgan fingerprint density at radius 1 is 0.958 bits per heavy atom. The SMILES string of the molecule is Cc1cccc2cc(C3=NC4(CCC4)Cc4ccccc43)nnc12. The number of fused-ring (bicyclic) bond motifs is 2. The van der Waals surface area contributed by atoms with Crippen LogP contribution in [0.25, 0.3) is 10.9 Å². The van der Waals surface area contributed by atoms with Crippen LogP contribution < -0.4 is 0 Å². The predicted octanol–water partition coefficient (Wildman–Crippen LogP) is 4.25. The molecule has 2 aliphatic rings. The molecule has 0 radical (unpaired) electrons. The Balaban J connectivity index is 1.71.